The van der Waals surface area contributed by atoms with Crippen LogP contribution in [0.1, 0.15) is 226 Å². The van der Waals surface area contributed by atoms with Gasteiger partial charge in [0.2, 0.25) is 0 Å². The molecule has 2 aliphatic rings. The molecule has 0 spiro atoms. The van der Waals surface area contributed by atoms with Crippen molar-refractivity contribution < 1.29 is 0 Å². The van der Waals surface area contributed by atoms with Crippen LogP contribution in [0.3, 0.4) is 0 Å². The molecule has 0 fully saturated rings. The number of H-pyrrole nitrogens is 6. The van der Waals surface area contributed by atoms with Gasteiger partial charge in [-0.3, -0.25) is 0 Å². The van der Waals surface area contributed by atoms with Crippen LogP contribution in [0.25, 0.3) is 88.5 Å². The number of hydrogen-bond donors (Lipinski definition) is 6. The molecule has 8 nitrogen and oxygen atoms in total. The van der Waals surface area contributed by atoms with Gasteiger partial charge in [0.25, 0.3) is 0 Å². The van der Waals surface area contributed by atoms with Crippen molar-refractivity contribution in [1.82, 2.24) is 39.9 Å². The minimum Gasteiger partial charge on any atom is -0.352 e. The SMILES string of the molecule is CCC1=C(CC)c2nc1c1[nH]c(c(CC)c1CC)c1[nH]c(c(CC)c1CC)c1[nH]c(c3nc(c4[nH]c(c(CC)c4CC)c4[nH]c(c(CC)c4CC)c4[nH]c2c(CC)c4CC)C(CC)=C3CC)c(CC)c1CC. The van der Waals surface area contributed by atoms with E-state index < -0.39 is 0 Å². The Kier molecular flexibility index (Phi) is 14.7. The highest BCUT2D eigenvalue weighted by Gasteiger charge is 2.30. The van der Waals surface area contributed by atoms with Crippen molar-refractivity contribution in [2.24, 2.45) is 0 Å². The number of nitrogens with one attached hydrogen (secondary N) is 6. The van der Waals surface area contributed by atoms with Crippen LogP contribution in [0.5, 0.6) is 0 Å². The Labute approximate surface area is 429 Å². The second-order valence-electron chi connectivity index (χ2n) is 20.2. The number of fused-ring (bicyclic) bond motifs is 24. The maximum absolute atomic E-state index is 5.87. The third-order valence-electron chi connectivity index (χ3n) is 17.2. The molecule has 0 saturated carbocycles. The van der Waals surface area contributed by atoms with Gasteiger partial charge >= 0.3 is 0 Å². The molecule has 0 saturated heterocycles. The van der Waals surface area contributed by atoms with E-state index in [1.54, 1.807) is 0 Å². The summed E-state index contributed by atoms with van der Waals surface area (Å²) in [4.78, 5) is 36.9. The second kappa shape index (κ2) is 20.6. The van der Waals surface area contributed by atoms with Crippen molar-refractivity contribution in [3.63, 3.8) is 0 Å². The Hall–Kier alpha value is -5.76. The number of aryl methyl sites for hydroxylation is 12. The van der Waals surface area contributed by atoms with Crippen molar-refractivity contribution in [2.75, 3.05) is 0 Å². The lowest BCUT2D eigenvalue weighted by atomic mass is 9.96. The zero-order chi connectivity index (χ0) is 51.4. The Morgan fingerprint density at radius 2 is 0.306 bits per heavy atom. The number of aromatic nitrogens is 8. The zero-order valence-corrected chi connectivity index (χ0v) is 47.2. The maximum Gasteiger partial charge on any atom is 0.0911 e. The number of allylic oxidation sites excluding steroid dienone is 4. The predicted molar refractivity (Wildman–Crippen MR) is 313 cm³/mol. The number of aromatic amines is 6. The Bertz CT molecular complexity index is 3130. The van der Waals surface area contributed by atoms with Crippen LogP contribution in [0.15, 0.2) is 0 Å². The monoisotopic (exact) mass is 967 g/mol. The van der Waals surface area contributed by atoms with Crippen LogP contribution < -0.4 is 0 Å². The molecule has 16 bridgehead atoms. The second-order valence-corrected chi connectivity index (χ2v) is 20.2. The first-order valence-corrected chi connectivity index (χ1v) is 28.9. The average Bonchev–Trinajstić information content (AvgIpc) is 4.28. The third-order valence-corrected chi connectivity index (χ3v) is 17.2. The minimum absolute atomic E-state index is 0.915. The summed E-state index contributed by atoms with van der Waals surface area (Å²) >= 11 is 0. The fraction of sp³-hybridized carbons (Fsp3) is 0.500. The largest absolute Gasteiger partial charge is 0.352 e. The Balaban J connectivity index is 1.63. The molecule has 6 N–H and O–H groups in total. The fourth-order valence-electron chi connectivity index (χ4n) is 14.1. The molecule has 0 amide bonds. The van der Waals surface area contributed by atoms with Crippen molar-refractivity contribution in [1.29, 1.82) is 0 Å². The van der Waals surface area contributed by atoms with E-state index in [0.717, 1.165) is 126 Å². The first-order chi connectivity index (χ1) is 35.0. The molecule has 382 valence electrons. The van der Waals surface area contributed by atoms with E-state index in [1.807, 2.05) is 0 Å². The Morgan fingerprint density at radius 3 is 0.431 bits per heavy atom. The summed E-state index contributed by atoms with van der Waals surface area (Å²) in [6.07, 6.45) is 14.8. The zero-order valence-electron chi connectivity index (χ0n) is 47.2. The number of hydrogen-bond acceptors (Lipinski definition) is 2. The summed E-state index contributed by atoms with van der Waals surface area (Å²) in [7, 11) is 0. The van der Waals surface area contributed by atoms with E-state index in [4.69, 9.17) is 9.97 Å². The summed E-state index contributed by atoms with van der Waals surface area (Å²) in [6.45, 7) is 37.3. The summed E-state index contributed by atoms with van der Waals surface area (Å²) < 4.78 is 0. The predicted octanol–water partition coefficient (Wildman–Crippen LogP) is 17.6. The van der Waals surface area contributed by atoms with E-state index in [0.29, 0.717) is 0 Å². The Morgan fingerprint density at radius 1 is 0.181 bits per heavy atom. The lowest BCUT2D eigenvalue weighted by molar-refractivity contribution is 1.06. The van der Waals surface area contributed by atoms with Crippen molar-refractivity contribution in [3.05, 3.63) is 89.5 Å². The van der Waals surface area contributed by atoms with Gasteiger partial charge in [0.15, 0.2) is 0 Å². The van der Waals surface area contributed by atoms with Crippen LogP contribution in [0.4, 0.5) is 0 Å². The molecule has 9 heterocycles. The highest BCUT2D eigenvalue weighted by Crippen LogP contribution is 2.45. The topological polar surface area (TPSA) is 121 Å². The lowest BCUT2D eigenvalue weighted by Crippen LogP contribution is -1.90. The van der Waals surface area contributed by atoms with Gasteiger partial charge in [-0.1, -0.05) is 111 Å². The fourth-order valence-corrected chi connectivity index (χ4v) is 14.1. The van der Waals surface area contributed by atoms with E-state index in [2.05, 4.69) is 141 Å². The third kappa shape index (κ3) is 7.41. The summed E-state index contributed by atoms with van der Waals surface area (Å²) in [5.74, 6) is 0. The van der Waals surface area contributed by atoms with Crippen LogP contribution in [-0.4, -0.2) is 39.9 Å². The average molecular weight is 967 g/mol. The molecule has 0 aromatic carbocycles. The van der Waals surface area contributed by atoms with Gasteiger partial charge in [0, 0.05) is 0 Å². The molecular weight excluding hydrogens is 881 g/mol. The molecule has 0 radical (unpaired) electrons. The molecule has 0 atom stereocenters. The van der Waals surface area contributed by atoms with Gasteiger partial charge in [0.1, 0.15) is 0 Å². The van der Waals surface area contributed by atoms with Gasteiger partial charge in [-0.2, -0.15) is 0 Å². The minimum atomic E-state index is 0.915. The molecule has 0 aliphatic carbocycles. The summed E-state index contributed by atoms with van der Waals surface area (Å²) in [5, 5.41) is 0. The molecule has 72 heavy (non-hydrogen) atoms. The highest BCUT2D eigenvalue weighted by molar-refractivity contribution is 6.06. The first kappa shape index (κ1) is 51.2. The van der Waals surface area contributed by atoms with E-state index in [1.165, 1.54) is 155 Å². The normalized spacial score (nSPS) is 13.2. The van der Waals surface area contributed by atoms with Crippen molar-refractivity contribution in [3.8, 4) is 0 Å². The van der Waals surface area contributed by atoms with Crippen LogP contribution >= 0.6 is 0 Å². The number of rotatable bonds is 16. The smallest absolute Gasteiger partial charge is 0.0911 e. The van der Waals surface area contributed by atoms with E-state index in [-0.39, 0.29) is 0 Å². The van der Waals surface area contributed by atoms with Crippen LogP contribution in [0.2, 0.25) is 0 Å². The maximum atomic E-state index is 5.87. The molecule has 9 rings (SSSR count). The lowest BCUT2D eigenvalue weighted by Gasteiger charge is -2.05. The molecular formula is C64H86N8. The number of nitrogens with zero attached hydrogens (tertiary/aromatic N) is 2. The molecule has 2 aliphatic heterocycles. The van der Waals surface area contributed by atoms with Crippen LogP contribution in [-0.2, 0) is 77.0 Å². The van der Waals surface area contributed by atoms with Gasteiger partial charge in [0.05, 0.1) is 89.0 Å². The van der Waals surface area contributed by atoms with E-state index in [9.17, 15) is 0 Å². The van der Waals surface area contributed by atoms with Gasteiger partial charge < -0.3 is 29.9 Å². The molecule has 0 unspecified atom stereocenters. The van der Waals surface area contributed by atoms with Gasteiger partial charge in [-0.05, 0) is 192 Å². The van der Waals surface area contributed by atoms with Gasteiger partial charge in [-0.15, -0.1) is 0 Å². The van der Waals surface area contributed by atoms with Crippen molar-refractivity contribution >= 4 is 88.5 Å². The van der Waals surface area contributed by atoms with Crippen LogP contribution in [0, 0.1) is 0 Å². The summed E-state index contributed by atoms with van der Waals surface area (Å²) in [6, 6.07) is 0. The van der Waals surface area contributed by atoms with Gasteiger partial charge in [-0.25, -0.2) is 9.97 Å². The standard InChI is InChI=1S/C64H86N8/c1-17-33-34(18-2)50-52-37(21-5)38(22-6)55(67-52)56-41(25-9)42(26-10)59(69-56)60-45(29-13)46(30-14)63(71-60)64-48(32-16)47(31-15)62(72-64)61-44(28-12)43(27-11)58(70-61)57-40(24-8)39(23-7)54(68-57)53-36(20-4)35(19-3)51(66-53)49(33)65-50/h65-67,70-72H,17-32H2,1-16H3. The molecule has 8 heteroatoms. The van der Waals surface area contributed by atoms with E-state index >= 15 is 0 Å². The summed E-state index contributed by atoms with van der Waals surface area (Å²) in [5.41, 5.74) is 41.2. The molecule has 7 aromatic rings. The quantitative estimate of drug-likeness (QED) is 0.0578. The first-order valence-electron chi connectivity index (χ1n) is 28.9. The molecule has 7 aromatic heterocycles. The van der Waals surface area contributed by atoms with Crippen molar-refractivity contribution in [2.45, 2.75) is 214 Å². The highest BCUT2D eigenvalue weighted by atomic mass is 14.9.